The zero-order chi connectivity index (χ0) is 13.4. The molecular formula is C16H17NO2. The summed E-state index contributed by atoms with van der Waals surface area (Å²) in [6, 6.07) is 11.6. The summed E-state index contributed by atoms with van der Waals surface area (Å²) < 4.78 is 0. The van der Waals surface area contributed by atoms with E-state index in [9.17, 15) is 9.90 Å². The zero-order valence-corrected chi connectivity index (χ0v) is 11.0. The van der Waals surface area contributed by atoms with E-state index < -0.39 is 0 Å². The van der Waals surface area contributed by atoms with Gasteiger partial charge >= 0.3 is 0 Å². The van der Waals surface area contributed by atoms with E-state index in [1.807, 2.05) is 42.2 Å². The van der Waals surface area contributed by atoms with Crippen molar-refractivity contribution in [3.05, 3.63) is 42.0 Å². The quantitative estimate of drug-likeness (QED) is 0.915. The Morgan fingerprint density at radius 1 is 1.26 bits per heavy atom. The van der Waals surface area contributed by atoms with Gasteiger partial charge in [-0.25, -0.2) is 0 Å². The Balaban J connectivity index is 2.04. The number of fused-ring (bicyclic) bond motifs is 1. The van der Waals surface area contributed by atoms with Gasteiger partial charge in [0, 0.05) is 18.0 Å². The summed E-state index contributed by atoms with van der Waals surface area (Å²) in [5.41, 5.74) is 0.410. The highest BCUT2D eigenvalue weighted by molar-refractivity contribution is 6.03. The summed E-state index contributed by atoms with van der Waals surface area (Å²) in [5.74, 6) is 0.0375. The number of carbonyl (C=O) groups excluding carboxylic acids is 1. The second-order valence-corrected chi connectivity index (χ2v) is 5.01. The maximum absolute atomic E-state index is 12.5. The molecule has 0 aromatic heterocycles. The number of hydrogen-bond acceptors (Lipinski definition) is 2. The van der Waals surface area contributed by atoms with Crippen LogP contribution in [-0.4, -0.2) is 28.5 Å². The van der Waals surface area contributed by atoms with Gasteiger partial charge in [0.25, 0.3) is 5.91 Å². The normalized spacial score (nSPS) is 14.6. The molecule has 1 fully saturated rings. The Bertz CT molecular complexity index is 632. The molecule has 0 unspecified atom stereocenters. The maximum atomic E-state index is 12.5. The second-order valence-electron chi connectivity index (χ2n) is 5.01. The highest BCUT2D eigenvalue weighted by atomic mass is 16.3. The van der Waals surface area contributed by atoms with Crippen molar-refractivity contribution in [2.45, 2.75) is 25.8 Å². The maximum Gasteiger partial charge on any atom is 0.257 e. The Morgan fingerprint density at radius 3 is 2.68 bits per heavy atom. The van der Waals surface area contributed by atoms with Gasteiger partial charge in [0.2, 0.25) is 0 Å². The fraction of sp³-hybridized carbons (Fsp3) is 0.312. The average Bonchev–Trinajstić information content (AvgIpc) is 3.25. The van der Waals surface area contributed by atoms with E-state index in [4.69, 9.17) is 0 Å². The third-order valence-electron chi connectivity index (χ3n) is 3.72. The van der Waals surface area contributed by atoms with Gasteiger partial charge in [-0.3, -0.25) is 4.79 Å². The predicted molar refractivity (Wildman–Crippen MR) is 75.3 cm³/mol. The summed E-state index contributed by atoms with van der Waals surface area (Å²) in [6.07, 6.45) is 2.15. The van der Waals surface area contributed by atoms with Crippen molar-refractivity contribution in [1.82, 2.24) is 4.90 Å². The summed E-state index contributed by atoms with van der Waals surface area (Å²) in [4.78, 5) is 14.3. The molecule has 0 bridgehead atoms. The van der Waals surface area contributed by atoms with E-state index in [2.05, 4.69) is 0 Å². The Hall–Kier alpha value is -2.03. The Kier molecular flexibility index (Phi) is 2.90. The topological polar surface area (TPSA) is 40.5 Å². The monoisotopic (exact) mass is 255 g/mol. The lowest BCUT2D eigenvalue weighted by Gasteiger charge is -2.21. The fourth-order valence-electron chi connectivity index (χ4n) is 2.54. The lowest BCUT2D eigenvalue weighted by atomic mass is 10.0. The summed E-state index contributed by atoms with van der Waals surface area (Å²) in [6.45, 7) is 2.67. The number of rotatable bonds is 3. The van der Waals surface area contributed by atoms with Crippen LogP contribution in [0.4, 0.5) is 0 Å². The first-order valence-electron chi connectivity index (χ1n) is 6.74. The molecule has 0 aliphatic heterocycles. The third-order valence-corrected chi connectivity index (χ3v) is 3.72. The van der Waals surface area contributed by atoms with Gasteiger partial charge in [-0.2, -0.15) is 0 Å². The molecule has 1 N–H and O–H groups in total. The van der Waals surface area contributed by atoms with E-state index in [0.717, 1.165) is 23.6 Å². The van der Waals surface area contributed by atoms with Crippen molar-refractivity contribution in [1.29, 1.82) is 0 Å². The van der Waals surface area contributed by atoms with Crippen LogP contribution >= 0.6 is 0 Å². The van der Waals surface area contributed by atoms with Crippen LogP contribution in [0.1, 0.15) is 30.1 Å². The van der Waals surface area contributed by atoms with Crippen molar-refractivity contribution in [2.24, 2.45) is 0 Å². The lowest BCUT2D eigenvalue weighted by molar-refractivity contribution is 0.0750. The number of phenolic OH excluding ortho intramolecular Hbond substituents is 1. The number of amides is 1. The molecule has 1 aliphatic rings. The fourth-order valence-corrected chi connectivity index (χ4v) is 2.54. The number of nitrogens with zero attached hydrogens (tertiary/aromatic N) is 1. The van der Waals surface area contributed by atoms with Crippen molar-refractivity contribution >= 4 is 16.7 Å². The van der Waals surface area contributed by atoms with Crippen LogP contribution in [0.3, 0.4) is 0 Å². The highest BCUT2D eigenvalue weighted by Gasteiger charge is 2.32. The molecule has 0 atom stereocenters. The van der Waals surface area contributed by atoms with Crippen LogP contribution in [-0.2, 0) is 0 Å². The second kappa shape index (κ2) is 4.57. The molecule has 1 saturated carbocycles. The average molecular weight is 255 g/mol. The van der Waals surface area contributed by atoms with Gasteiger partial charge < -0.3 is 10.0 Å². The van der Waals surface area contributed by atoms with Gasteiger partial charge in [-0.05, 0) is 31.2 Å². The van der Waals surface area contributed by atoms with E-state index in [-0.39, 0.29) is 11.7 Å². The van der Waals surface area contributed by atoms with Crippen molar-refractivity contribution in [3.8, 4) is 5.75 Å². The van der Waals surface area contributed by atoms with Crippen LogP contribution in [0.25, 0.3) is 10.8 Å². The van der Waals surface area contributed by atoms with Crippen LogP contribution < -0.4 is 0 Å². The Labute approximate surface area is 112 Å². The molecule has 2 aromatic carbocycles. The molecule has 98 valence electrons. The predicted octanol–water partition coefficient (Wildman–Crippen LogP) is 3.17. The van der Waals surface area contributed by atoms with Crippen LogP contribution in [0.5, 0.6) is 5.75 Å². The largest absolute Gasteiger partial charge is 0.506 e. The number of phenols is 1. The summed E-state index contributed by atoms with van der Waals surface area (Å²) in [5, 5.41) is 12.0. The van der Waals surface area contributed by atoms with Crippen molar-refractivity contribution in [2.75, 3.05) is 6.54 Å². The molecule has 3 nitrogen and oxygen atoms in total. The van der Waals surface area contributed by atoms with Crippen LogP contribution in [0, 0.1) is 0 Å². The number of hydrogen-bond donors (Lipinski definition) is 1. The lowest BCUT2D eigenvalue weighted by Crippen LogP contribution is -2.32. The minimum absolute atomic E-state index is 0.0618. The van der Waals surface area contributed by atoms with Crippen molar-refractivity contribution in [3.63, 3.8) is 0 Å². The minimum atomic E-state index is -0.0618. The first kappa shape index (κ1) is 12.0. The minimum Gasteiger partial charge on any atom is -0.506 e. The molecule has 1 amide bonds. The van der Waals surface area contributed by atoms with Gasteiger partial charge in [0.05, 0.1) is 5.56 Å². The standard InChI is InChI=1S/C16H17NO2/c1-2-17(12-8-9-12)16(19)14-10-7-11-5-3-4-6-13(11)15(14)18/h3-7,10,12,18H,2,8-9H2,1H3. The van der Waals surface area contributed by atoms with E-state index in [1.54, 1.807) is 6.07 Å². The molecule has 1 aliphatic carbocycles. The zero-order valence-electron chi connectivity index (χ0n) is 11.0. The molecule has 2 aromatic rings. The number of aromatic hydroxyl groups is 1. The third kappa shape index (κ3) is 2.05. The van der Waals surface area contributed by atoms with E-state index in [0.29, 0.717) is 18.2 Å². The van der Waals surface area contributed by atoms with Crippen LogP contribution in [0.15, 0.2) is 36.4 Å². The van der Waals surface area contributed by atoms with Crippen LogP contribution in [0.2, 0.25) is 0 Å². The summed E-state index contributed by atoms with van der Waals surface area (Å²) >= 11 is 0. The van der Waals surface area contributed by atoms with Gasteiger partial charge in [0.1, 0.15) is 5.75 Å². The first-order chi connectivity index (χ1) is 9.22. The van der Waals surface area contributed by atoms with E-state index in [1.165, 1.54) is 0 Å². The smallest absolute Gasteiger partial charge is 0.257 e. The molecular weight excluding hydrogens is 238 g/mol. The molecule has 0 spiro atoms. The highest BCUT2D eigenvalue weighted by Crippen LogP contribution is 2.33. The molecule has 0 heterocycles. The van der Waals surface area contributed by atoms with Gasteiger partial charge in [-0.15, -0.1) is 0 Å². The molecule has 0 saturated heterocycles. The van der Waals surface area contributed by atoms with E-state index >= 15 is 0 Å². The molecule has 3 rings (SSSR count). The molecule has 19 heavy (non-hydrogen) atoms. The summed E-state index contributed by atoms with van der Waals surface area (Å²) in [7, 11) is 0. The number of carbonyl (C=O) groups is 1. The molecule has 0 radical (unpaired) electrons. The van der Waals surface area contributed by atoms with Gasteiger partial charge in [-0.1, -0.05) is 30.3 Å². The van der Waals surface area contributed by atoms with Crippen molar-refractivity contribution < 1.29 is 9.90 Å². The Morgan fingerprint density at radius 2 is 2.00 bits per heavy atom. The molecule has 3 heteroatoms. The SMILES string of the molecule is CCN(C(=O)c1ccc2ccccc2c1O)C1CC1. The van der Waals surface area contributed by atoms with Gasteiger partial charge in [0.15, 0.2) is 0 Å². The number of benzene rings is 2. The first-order valence-corrected chi connectivity index (χ1v) is 6.74.